The molecule has 2 fully saturated rings. The number of thioether (sulfide) groups is 1. The van der Waals surface area contributed by atoms with Crippen molar-refractivity contribution < 1.29 is 4.79 Å². The predicted molar refractivity (Wildman–Crippen MR) is 70.2 cm³/mol. The summed E-state index contributed by atoms with van der Waals surface area (Å²) in [6.07, 6.45) is 4.54. The van der Waals surface area contributed by atoms with E-state index in [0.717, 1.165) is 18.7 Å². The van der Waals surface area contributed by atoms with E-state index in [4.69, 9.17) is 11.6 Å². The van der Waals surface area contributed by atoms with Crippen LogP contribution in [0.2, 0.25) is 0 Å². The maximum absolute atomic E-state index is 11.8. The molecule has 1 saturated carbocycles. The van der Waals surface area contributed by atoms with E-state index in [1.807, 2.05) is 6.26 Å². The van der Waals surface area contributed by atoms with Crippen LogP contribution in [0.4, 0.5) is 5.95 Å². The fourth-order valence-corrected chi connectivity index (χ4v) is 2.58. The first kappa shape index (κ1) is 12.2. The minimum atomic E-state index is -0.142. The summed E-state index contributed by atoms with van der Waals surface area (Å²) in [5.41, 5.74) is 0. The molecule has 0 radical (unpaired) electrons. The Bertz CT molecular complexity index is 494. The van der Waals surface area contributed by atoms with Gasteiger partial charge in [0, 0.05) is 18.9 Å². The Labute approximate surface area is 114 Å². The molecule has 0 spiro atoms. The molecule has 2 aliphatic rings. The van der Waals surface area contributed by atoms with Gasteiger partial charge in [0.2, 0.25) is 11.9 Å². The zero-order valence-electron chi connectivity index (χ0n) is 9.97. The van der Waals surface area contributed by atoms with Gasteiger partial charge in [0.05, 0.1) is 5.38 Å². The van der Waals surface area contributed by atoms with E-state index in [-0.39, 0.29) is 11.3 Å². The highest BCUT2D eigenvalue weighted by Gasteiger charge is 2.33. The van der Waals surface area contributed by atoms with Crippen LogP contribution < -0.4 is 4.90 Å². The van der Waals surface area contributed by atoms with E-state index in [2.05, 4.69) is 15.0 Å². The van der Waals surface area contributed by atoms with Crippen LogP contribution in [-0.4, -0.2) is 39.0 Å². The number of rotatable bonds is 3. The summed E-state index contributed by atoms with van der Waals surface area (Å²) in [5, 5.41) is 0.532. The van der Waals surface area contributed by atoms with Crippen molar-refractivity contribution in [3.8, 4) is 0 Å². The number of hydrogen-bond acceptors (Lipinski definition) is 5. The normalized spacial score (nSPS) is 23.8. The Morgan fingerprint density at radius 3 is 2.67 bits per heavy atom. The second-order valence-electron chi connectivity index (χ2n) is 4.56. The average molecular weight is 285 g/mol. The third kappa shape index (κ3) is 2.31. The van der Waals surface area contributed by atoms with Gasteiger partial charge in [0.15, 0.2) is 5.16 Å². The Morgan fingerprint density at radius 1 is 1.33 bits per heavy atom. The van der Waals surface area contributed by atoms with E-state index >= 15 is 0 Å². The van der Waals surface area contributed by atoms with Crippen LogP contribution in [0.25, 0.3) is 0 Å². The van der Waals surface area contributed by atoms with Gasteiger partial charge in [-0.1, -0.05) is 11.8 Å². The van der Waals surface area contributed by atoms with Crippen LogP contribution in [0.3, 0.4) is 0 Å². The molecule has 1 aromatic rings. The predicted octanol–water partition coefficient (Wildman–Crippen LogP) is 1.81. The van der Waals surface area contributed by atoms with Crippen LogP contribution in [0, 0.1) is 0 Å². The van der Waals surface area contributed by atoms with Gasteiger partial charge >= 0.3 is 0 Å². The SMILES string of the molecule is CSc1nc(C2CC2)nc(N2CC(Cl)CC2=O)n1. The van der Waals surface area contributed by atoms with Crippen molar-refractivity contribution in [3.63, 3.8) is 0 Å². The van der Waals surface area contributed by atoms with Crippen molar-refractivity contribution in [2.24, 2.45) is 0 Å². The minimum absolute atomic E-state index is 0.00463. The number of amides is 1. The number of anilines is 1. The number of hydrogen-bond donors (Lipinski definition) is 0. The Hall–Kier alpha value is -0.880. The van der Waals surface area contributed by atoms with Gasteiger partial charge < -0.3 is 0 Å². The van der Waals surface area contributed by atoms with Crippen molar-refractivity contribution in [2.45, 2.75) is 35.7 Å². The molecule has 2 heterocycles. The molecule has 1 aliphatic heterocycles. The van der Waals surface area contributed by atoms with Gasteiger partial charge in [-0.25, -0.2) is 4.98 Å². The van der Waals surface area contributed by atoms with Gasteiger partial charge in [-0.3, -0.25) is 9.69 Å². The lowest BCUT2D eigenvalue weighted by atomic mass is 10.4. The fraction of sp³-hybridized carbons (Fsp3) is 0.636. The van der Waals surface area contributed by atoms with Crippen LogP contribution in [0.5, 0.6) is 0 Å². The topological polar surface area (TPSA) is 59.0 Å². The van der Waals surface area contributed by atoms with E-state index in [1.54, 1.807) is 4.90 Å². The molecule has 0 N–H and O–H groups in total. The van der Waals surface area contributed by atoms with Crippen molar-refractivity contribution in [2.75, 3.05) is 17.7 Å². The van der Waals surface area contributed by atoms with Crippen LogP contribution in [-0.2, 0) is 4.79 Å². The standard InChI is InChI=1S/C11H13ClN4OS/c1-18-11-14-9(6-2-3-6)13-10(15-11)16-5-7(12)4-8(16)17/h6-7H,2-5H2,1H3. The van der Waals surface area contributed by atoms with E-state index in [1.165, 1.54) is 11.8 Å². The zero-order chi connectivity index (χ0) is 12.7. The molecule has 96 valence electrons. The first-order valence-electron chi connectivity index (χ1n) is 5.92. The zero-order valence-corrected chi connectivity index (χ0v) is 11.5. The summed E-state index contributed by atoms with van der Waals surface area (Å²) < 4.78 is 0. The molecule has 0 aromatic carbocycles. The third-order valence-corrected chi connectivity index (χ3v) is 3.90. The highest BCUT2D eigenvalue weighted by Crippen LogP contribution is 2.39. The number of halogens is 1. The highest BCUT2D eigenvalue weighted by molar-refractivity contribution is 7.98. The van der Waals surface area contributed by atoms with Crippen LogP contribution in [0.1, 0.15) is 31.0 Å². The van der Waals surface area contributed by atoms with Crippen molar-refractivity contribution in [1.29, 1.82) is 0 Å². The van der Waals surface area contributed by atoms with Gasteiger partial charge in [-0.05, 0) is 19.1 Å². The lowest BCUT2D eigenvalue weighted by molar-refractivity contribution is -0.117. The van der Waals surface area contributed by atoms with Gasteiger partial charge in [-0.2, -0.15) is 9.97 Å². The van der Waals surface area contributed by atoms with Crippen molar-refractivity contribution in [3.05, 3.63) is 5.82 Å². The summed E-state index contributed by atoms with van der Waals surface area (Å²) in [4.78, 5) is 26.5. The summed E-state index contributed by atoms with van der Waals surface area (Å²) in [6, 6.07) is 0. The maximum atomic E-state index is 11.8. The molecule has 7 heteroatoms. The second kappa shape index (κ2) is 4.66. The minimum Gasteiger partial charge on any atom is -0.279 e. The molecule has 3 rings (SSSR count). The summed E-state index contributed by atoms with van der Waals surface area (Å²) in [6.45, 7) is 0.488. The number of nitrogens with zero attached hydrogens (tertiary/aromatic N) is 4. The number of aromatic nitrogens is 3. The lowest BCUT2D eigenvalue weighted by Gasteiger charge is -2.14. The Balaban J connectivity index is 1.95. The Kier molecular flexibility index (Phi) is 3.15. The van der Waals surface area contributed by atoms with E-state index in [0.29, 0.717) is 30.0 Å². The summed E-state index contributed by atoms with van der Waals surface area (Å²) in [7, 11) is 0. The van der Waals surface area contributed by atoms with Crippen molar-refractivity contribution >= 4 is 35.2 Å². The largest absolute Gasteiger partial charge is 0.279 e. The molecular formula is C11H13ClN4OS. The molecular weight excluding hydrogens is 272 g/mol. The molecule has 1 aliphatic carbocycles. The van der Waals surface area contributed by atoms with Gasteiger partial charge in [0.25, 0.3) is 0 Å². The smallest absolute Gasteiger partial charge is 0.236 e. The highest BCUT2D eigenvalue weighted by atomic mass is 35.5. The second-order valence-corrected chi connectivity index (χ2v) is 5.95. The van der Waals surface area contributed by atoms with Crippen LogP contribution in [0.15, 0.2) is 5.16 Å². The molecule has 0 bridgehead atoms. The molecule has 1 saturated heterocycles. The number of carbonyl (C=O) groups excluding carboxylic acids is 1. The summed E-state index contributed by atoms with van der Waals surface area (Å²) >= 11 is 7.47. The van der Waals surface area contributed by atoms with E-state index in [9.17, 15) is 4.79 Å². The number of carbonyl (C=O) groups is 1. The van der Waals surface area contributed by atoms with Gasteiger partial charge in [-0.15, -0.1) is 11.6 Å². The Morgan fingerprint density at radius 2 is 2.11 bits per heavy atom. The van der Waals surface area contributed by atoms with Crippen LogP contribution >= 0.6 is 23.4 Å². The first-order chi connectivity index (χ1) is 8.67. The monoisotopic (exact) mass is 284 g/mol. The van der Waals surface area contributed by atoms with Gasteiger partial charge in [0.1, 0.15) is 5.82 Å². The molecule has 1 amide bonds. The molecule has 1 unspecified atom stereocenters. The molecule has 5 nitrogen and oxygen atoms in total. The molecule has 18 heavy (non-hydrogen) atoms. The lowest BCUT2D eigenvalue weighted by Crippen LogP contribution is -2.27. The number of alkyl halides is 1. The van der Waals surface area contributed by atoms with E-state index < -0.39 is 0 Å². The molecule has 1 aromatic heterocycles. The van der Waals surface area contributed by atoms with Crippen molar-refractivity contribution in [1.82, 2.24) is 15.0 Å². The quantitative estimate of drug-likeness (QED) is 0.626. The fourth-order valence-electron chi connectivity index (χ4n) is 1.95. The average Bonchev–Trinajstić information content (AvgIpc) is 3.14. The third-order valence-electron chi connectivity index (χ3n) is 3.06. The first-order valence-corrected chi connectivity index (χ1v) is 7.58. The maximum Gasteiger partial charge on any atom is 0.236 e. The summed E-state index contributed by atoms with van der Waals surface area (Å²) in [5.74, 6) is 1.72. The molecule has 1 atom stereocenters.